The Bertz CT molecular complexity index is 822. The first-order valence-electron chi connectivity index (χ1n) is 6.10. The number of nitrogens with zero attached hydrogens (tertiary/aromatic N) is 2. The highest BCUT2D eigenvalue weighted by Crippen LogP contribution is 2.32. The van der Waals surface area contributed by atoms with Gasteiger partial charge in [0.25, 0.3) is 0 Å². The van der Waals surface area contributed by atoms with Crippen LogP contribution in [-0.4, -0.2) is 17.0 Å². The van der Waals surface area contributed by atoms with Crippen LogP contribution in [0.15, 0.2) is 18.2 Å². The fraction of sp³-hybridized carbons (Fsp3) is 0.143. The fourth-order valence-electron chi connectivity index (χ4n) is 2.10. The van der Waals surface area contributed by atoms with Crippen molar-refractivity contribution in [2.24, 2.45) is 0 Å². The molecule has 7 heteroatoms. The summed E-state index contributed by atoms with van der Waals surface area (Å²) in [5.41, 5.74) is -0.430. The van der Waals surface area contributed by atoms with Gasteiger partial charge in [-0.2, -0.15) is 0 Å². The van der Waals surface area contributed by atoms with Crippen molar-refractivity contribution in [3.8, 4) is 11.4 Å². The quantitative estimate of drug-likeness (QED) is 0.773. The predicted molar refractivity (Wildman–Crippen MR) is 77.0 cm³/mol. The first kappa shape index (κ1) is 13.8. The van der Waals surface area contributed by atoms with Gasteiger partial charge in [-0.3, -0.25) is 0 Å². The molecule has 108 valence electrons. The van der Waals surface area contributed by atoms with E-state index in [9.17, 15) is 13.2 Å². The van der Waals surface area contributed by atoms with Crippen LogP contribution in [0, 0.1) is 24.4 Å². The maximum absolute atomic E-state index is 13.9. The Morgan fingerprint density at radius 1 is 1.05 bits per heavy atom. The summed E-state index contributed by atoms with van der Waals surface area (Å²) in [4.78, 5) is 9.95. The number of nitrogens with one attached hydrogen (secondary N) is 1. The molecule has 3 aromatic rings. The molecule has 0 saturated heterocycles. The molecule has 0 spiro atoms. The van der Waals surface area contributed by atoms with Crippen molar-refractivity contribution in [1.29, 1.82) is 0 Å². The van der Waals surface area contributed by atoms with Crippen molar-refractivity contribution in [2.75, 3.05) is 12.4 Å². The number of fused-ring (bicyclic) bond motifs is 1. The van der Waals surface area contributed by atoms with Gasteiger partial charge in [-0.1, -0.05) is 0 Å². The minimum absolute atomic E-state index is 0.108. The van der Waals surface area contributed by atoms with E-state index >= 15 is 0 Å². The molecular weight excluding hydrogens is 299 g/mol. The van der Waals surface area contributed by atoms with Crippen LogP contribution in [0.4, 0.5) is 19.0 Å². The Hall–Kier alpha value is -2.15. The van der Waals surface area contributed by atoms with Gasteiger partial charge in [0.1, 0.15) is 28.1 Å². The molecule has 0 atom stereocenters. The largest absolute Gasteiger partial charge is 0.372 e. The van der Waals surface area contributed by atoms with E-state index < -0.39 is 23.0 Å². The lowest BCUT2D eigenvalue weighted by atomic mass is 10.1. The van der Waals surface area contributed by atoms with Gasteiger partial charge in [0.2, 0.25) is 0 Å². The molecule has 1 aromatic carbocycles. The number of aryl methyl sites for hydroxylation is 1. The van der Waals surface area contributed by atoms with Gasteiger partial charge < -0.3 is 5.32 Å². The normalized spacial score (nSPS) is 11.1. The highest BCUT2D eigenvalue weighted by Gasteiger charge is 2.19. The Balaban J connectivity index is 2.30. The van der Waals surface area contributed by atoms with Gasteiger partial charge in [-0.05, 0) is 13.0 Å². The minimum atomic E-state index is -1.03. The van der Waals surface area contributed by atoms with Crippen molar-refractivity contribution in [3.05, 3.63) is 40.5 Å². The van der Waals surface area contributed by atoms with Gasteiger partial charge in [-0.25, -0.2) is 23.1 Å². The zero-order valence-electron chi connectivity index (χ0n) is 11.2. The van der Waals surface area contributed by atoms with Gasteiger partial charge in [0, 0.05) is 24.1 Å². The Labute approximate surface area is 122 Å². The average Bonchev–Trinajstić information content (AvgIpc) is 2.76. The van der Waals surface area contributed by atoms with Gasteiger partial charge in [0.15, 0.2) is 5.82 Å². The van der Waals surface area contributed by atoms with Crippen LogP contribution >= 0.6 is 11.3 Å². The molecule has 0 fully saturated rings. The maximum Gasteiger partial charge on any atom is 0.169 e. The first-order chi connectivity index (χ1) is 9.99. The van der Waals surface area contributed by atoms with Crippen LogP contribution in [0.2, 0.25) is 0 Å². The summed E-state index contributed by atoms with van der Waals surface area (Å²) in [6.45, 7) is 1.91. The molecule has 0 amide bonds. The Morgan fingerprint density at radius 3 is 2.33 bits per heavy atom. The standard InChI is InChI=1S/C14H10F3N3S/c1-6-3-8-12(18-2)19-13(20-14(8)21-6)11-9(16)4-7(15)5-10(11)17/h3-5H,1-2H3,(H,18,19,20). The van der Waals surface area contributed by atoms with E-state index in [-0.39, 0.29) is 5.82 Å². The predicted octanol–water partition coefficient (Wildman–Crippen LogP) is 4.13. The molecular formula is C14H10F3N3S. The SMILES string of the molecule is CNc1nc(-c2c(F)cc(F)cc2F)nc2sc(C)cc12. The van der Waals surface area contributed by atoms with E-state index in [0.717, 1.165) is 10.3 Å². The summed E-state index contributed by atoms with van der Waals surface area (Å²) < 4.78 is 40.7. The summed E-state index contributed by atoms with van der Waals surface area (Å²) in [6, 6.07) is 3.13. The van der Waals surface area contributed by atoms with E-state index in [2.05, 4.69) is 15.3 Å². The van der Waals surface area contributed by atoms with E-state index in [4.69, 9.17) is 0 Å². The molecule has 0 unspecified atom stereocenters. The van der Waals surface area contributed by atoms with Crippen LogP contribution in [0.5, 0.6) is 0 Å². The van der Waals surface area contributed by atoms with E-state index in [1.807, 2.05) is 13.0 Å². The minimum Gasteiger partial charge on any atom is -0.372 e. The summed E-state index contributed by atoms with van der Waals surface area (Å²) in [6.07, 6.45) is 0. The molecule has 2 aromatic heterocycles. The molecule has 0 aliphatic carbocycles. The van der Waals surface area contributed by atoms with Gasteiger partial charge >= 0.3 is 0 Å². The lowest BCUT2D eigenvalue weighted by Crippen LogP contribution is -2.01. The third kappa shape index (κ3) is 2.33. The van der Waals surface area contributed by atoms with Crippen LogP contribution < -0.4 is 5.32 Å². The van der Waals surface area contributed by atoms with Crippen LogP contribution in [0.1, 0.15) is 4.88 Å². The Morgan fingerprint density at radius 2 is 1.71 bits per heavy atom. The van der Waals surface area contributed by atoms with E-state index in [1.54, 1.807) is 7.05 Å². The zero-order valence-corrected chi connectivity index (χ0v) is 12.0. The summed E-state index contributed by atoms with van der Waals surface area (Å²) in [5, 5.41) is 3.66. The number of benzene rings is 1. The van der Waals surface area contributed by atoms with Crippen LogP contribution in [0.25, 0.3) is 21.6 Å². The number of thiophene rings is 1. The number of halogens is 3. The Kier molecular flexibility index (Phi) is 3.29. The molecule has 0 aliphatic rings. The van der Waals surface area contributed by atoms with Crippen molar-refractivity contribution < 1.29 is 13.2 Å². The van der Waals surface area contributed by atoms with Crippen LogP contribution in [-0.2, 0) is 0 Å². The molecule has 0 bridgehead atoms. The molecule has 0 aliphatic heterocycles. The smallest absolute Gasteiger partial charge is 0.169 e. The van der Waals surface area contributed by atoms with E-state index in [0.29, 0.717) is 22.8 Å². The molecule has 2 heterocycles. The van der Waals surface area contributed by atoms with E-state index in [1.165, 1.54) is 11.3 Å². The molecule has 21 heavy (non-hydrogen) atoms. The highest BCUT2D eigenvalue weighted by atomic mass is 32.1. The second kappa shape index (κ2) is 5.00. The number of anilines is 1. The summed E-state index contributed by atoms with van der Waals surface area (Å²) >= 11 is 1.40. The number of hydrogen-bond acceptors (Lipinski definition) is 4. The molecule has 0 radical (unpaired) electrons. The fourth-order valence-corrected chi connectivity index (χ4v) is 2.98. The van der Waals surface area contributed by atoms with Gasteiger partial charge in [-0.15, -0.1) is 11.3 Å². The number of rotatable bonds is 2. The third-order valence-electron chi connectivity index (χ3n) is 2.98. The zero-order chi connectivity index (χ0) is 15.1. The van der Waals surface area contributed by atoms with Crippen molar-refractivity contribution >= 4 is 27.4 Å². The maximum atomic E-state index is 13.9. The second-order valence-corrected chi connectivity index (χ2v) is 5.70. The molecule has 0 saturated carbocycles. The van der Waals surface area contributed by atoms with Crippen LogP contribution in [0.3, 0.4) is 0 Å². The molecule has 3 nitrogen and oxygen atoms in total. The van der Waals surface area contributed by atoms with Crippen molar-refractivity contribution in [1.82, 2.24) is 9.97 Å². The summed E-state index contributed by atoms with van der Waals surface area (Å²) in [7, 11) is 1.66. The van der Waals surface area contributed by atoms with Crippen molar-refractivity contribution in [2.45, 2.75) is 6.92 Å². The average molecular weight is 309 g/mol. The first-order valence-corrected chi connectivity index (χ1v) is 6.92. The number of hydrogen-bond donors (Lipinski definition) is 1. The molecule has 3 rings (SSSR count). The van der Waals surface area contributed by atoms with Crippen molar-refractivity contribution in [3.63, 3.8) is 0 Å². The second-order valence-electron chi connectivity index (χ2n) is 4.47. The molecule has 1 N–H and O–H groups in total. The third-order valence-corrected chi connectivity index (χ3v) is 3.93. The van der Waals surface area contributed by atoms with Gasteiger partial charge in [0.05, 0.1) is 10.9 Å². The monoisotopic (exact) mass is 309 g/mol. The topological polar surface area (TPSA) is 37.8 Å². The highest BCUT2D eigenvalue weighted by molar-refractivity contribution is 7.18. The number of aromatic nitrogens is 2. The lowest BCUT2D eigenvalue weighted by molar-refractivity contribution is 0.547. The lowest BCUT2D eigenvalue weighted by Gasteiger charge is -2.07. The summed E-state index contributed by atoms with van der Waals surface area (Å²) in [5.74, 6) is -2.66.